The van der Waals surface area contributed by atoms with Gasteiger partial charge in [0.05, 0.1) is 12.2 Å². The molecule has 3 aromatic rings. The SMILES string of the molecule is O=C(CNc1cc(-c2cccnc2)nc(Cl)n1)NCc1ccc(Cl)cc1. The van der Waals surface area contributed by atoms with E-state index in [-0.39, 0.29) is 17.7 Å². The Kier molecular flexibility index (Phi) is 5.99. The summed E-state index contributed by atoms with van der Waals surface area (Å²) in [5, 5.41) is 6.52. The molecular formula is C18H15Cl2N5O. The molecule has 8 heteroatoms. The number of rotatable bonds is 6. The Labute approximate surface area is 160 Å². The van der Waals surface area contributed by atoms with E-state index in [1.807, 2.05) is 24.3 Å². The van der Waals surface area contributed by atoms with Crippen LogP contribution < -0.4 is 10.6 Å². The summed E-state index contributed by atoms with van der Waals surface area (Å²) in [6.45, 7) is 0.483. The van der Waals surface area contributed by atoms with E-state index in [1.54, 1.807) is 30.6 Å². The molecule has 0 fully saturated rings. The van der Waals surface area contributed by atoms with Crippen molar-refractivity contribution in [3.63, 3.8) is 0 Å². The summed E-state index contributed by atoms with van der Waals surface area (Å²) in [4.78, 5) is 24.3. The van der Waals surface area contributed by atoms with E-state index in [4.69, 9.17) is 23.2 Å². The molecule has 0 aliphatic carbocycles. The maximum Gasteiger partial charge on any atom is 0.239 e. The second-order valence-corrected chi connectivity index (χ2v) is 6.18. The molecule has 26 heavy (non-hydrogen) atoms. The van der Waals surface area contributed by atoms with Gasteiger partial charge in [0, 0.05) is 35.6 Å². The van der Waals surface area contributed by atoms with E-state index >= 15 is 0 Å². The Morgan fingerprint density at radius 2 is 1.88 bits per heavy atom. The van der Waals surface area contributed by atoms with Crippen LogP contribution in [0.15, 0.2) is 54.9 Å². The Balaban J connectivity index is 1.58. The number of nitrogens with zero attached hydrogens (tertiary/aromatic N) is 3. The Morgan fingerprint density at radius 3 is 2.62 bits per heavy atom. The number of halogens is 2. The summed E-state index contributed by atoms with van der Waals surface area (Å²) in [6.07, 6.45) is 3.36. The number of pyridine rings is 1. The van der Waals surface area contributed by atoms with Crippen LogP contribution in [0.3, 0.4) is 0 Å². The number of aromatic nitrogens is 3. The molecule has 1 aromatic carbocycles. The fourth-order valence-corrected chi connectivity index (χ4v) is 2.51. The van der Waals surface area contributed by atoms with Crippen molar-refractivity contribution in [2.45, 2.75) is 6.54 Å². The van der Waals surface area contributed by atoms with Gasteiger partial charge in [-0.25, -0.2) is 9.97 Å². The summed E-state index contributed by atoms with van der Waals surface area (Å²) >= 11 is 11.8. The molecule has 0 saturated heterocycles. The summed E-state index contributed by atoms with van der Waals surface area (Å²) in [5.41, 5.74) is 2.40. The van der Waals surface area contributed by atoms with Crippen molar-refractivity contribution in [2.24, 2.45) is 0 Å². The van der Waals surface area contributed by atoms with E-state index in [0.29, 0.717) is 23.1 Å². The van der Waals surface area contributed by atoms with Crippen molar-refractivity contribution in [1.82, 2.24) is 20.3 Å². The first kappa shape index (κ1) is 18.1. The van der Waals surface area contributed by atoms with Crippen molar-refractivity contribution in [2.75, 3.05) is 11.9 Å². The smallest absolute Gasteiger partial charge is 0.239 e. The Morgan fingerprint density at radius 1 is 1.08 bits per heavy atom. The average Bonchev–Trinajstić information content (AvgIpc) is 2.66. The van der Waals surface area contributed by atoms with Crippen molar-refractivity contribution < 1.29 is 4.79 Å². The molecule has 0 aliphatic heterocycles. The van der Waals surface area contributed by atoms with Gasteiger partial charge in [-0.15, -0.1) is 0 Å². The Bertz CT molecular complexity index is 888. The van der Waals surface area contributed by atoms with Crippen LogP contribution in [0.25, 0.3) is 11.3 Å². The largest absolute Gasteiger partial charge is 0.361 e. The minimum Gasteiger partial charge on any atom is -0.361 e. The third kappa shape index (κ3) is 5.15. The van der Waals surface area contributed by atoms with E-state index in [9.17, 15) is 4.79 Å². The monoisotopic (exact) mass is 387 g/mol. The molecule has 0 aliphatic rings. The molecule has 3 rings (SSSR count). The first-order valence-electron chi connectivity index (χ1n) is 7.80. The summed E-state index contributed by atoms with van der Waals surface area (Å²) < 4.78 is 0. The predicted octanol–water partition coefficient (Wildman–Crippen LogP) is 3.57. The number of carbonyl (C=O) groups is 1. The zero-order valence-corrected chi connectivity index (χ0v) is 15.1. The van der Waals surface area contributed by atoms with Gasteiger partial charge in [-0.3, -0.25) is 9.78 Å². The molecule has 2 heterocycles. The van der Waals surface area contributed by atoms with Gasteiger partial charge >= 0.3 is 0 Å². The molecule has 0 unspecified atom stereocenters. The number of anilines is 1. The lowest BCUT2D eigenvalue weighted by Gasteiger charge is -2.09. The van der Waals surface area contributed by atoms with Crippen LogP contribution >= 0.6 is 23.2 Å². The second kappa shape index (κ2) is 8.60. The molecule has 2 aromatic heterocycles. The van der Waals surface area contributed by atoms with Crippen LogP contribution in [-0.2, 0) is 11.3 Å². The minimum absolute atomic E-state index is 0.0629. The number of hydrogen-bond donors (Lipinski definition) is 2. The summed E-state index contributed by atoms with van der Waals surface area (Å²) in [7, 11) is 0. The van der Waals surface area contributed by atoms with Gasteiger partial charge < -0.3 is 10.6 Å². The quantitative estimate of drug-likeness (QED) is 0.631. The van der Waals surface area contributed by atoms with Gasteiger partial charge in [-0.1, -0.05) is 23.7 Å². The van der Waals surface area contributed by atoms with Crippen LogP contribution in [0.5, 0.6) is 0 Å². The molecule has 6 nitrogen and oxygen atoms in total. The second-order valence-electron chi connectivity index (χ2n) is 5.41. The topological polar surface area (TPSA) is 79.8 Å². The van der Waals surface area contributed by atoms with Crippen molar-refractivity contribution in [3.8, 4) is 11.3 Å². The maximum absolute atomic E-state index is 12.0. The fraction of sp³-hybridized carbons (Fsp3) is 0.111. The summed E-state index contributed by atoms with van der Waals surface area (Å²) in [5.74, 6) is 0.295. The third-order valence-electron chi connectivity index (χ3n) is 3.49. The summed E-state index contributed by atoms with van der Waals surface area (Å²) in [6, 6.07) is 12.7. The van der Waals surface area contributed by atoms with Gasteiger partial charge in [0.15, 0.2) is 0 Å². The lowest BCUT2D eigenvalue weighted by Crippen LogP contribution is -2.29. The average molecular weight is 388 g/mol. The highest BCUT2D eigenvalue weighted by Gasteiger charge is 2.07. The molecule has 0 atom stereocenters. The predicted molar refractivity (Wildman–Crippen MR) is 102 cm³/mol. The van der Waals surface area contributed by atoms with Gasteiger partial charge in [-0.2, -0.15) is 0 Å². The zero-order valence-electron chi connectivity index (χ0n) is 13.6. The van der Waals surface area contributed by atoms with E-state index in [0.717, 1.165) is 11.1 Å². The molecule has 0 spiro atoms. The first-order valence-corrected chi connectivity index (χ1v) is 8.56. The van der Waals surface area contributed by atoms with Gasteiger partial charge in [-0.05, 0) is 41.4 Å². The van der Waals surface area contributed by atoms with Gasteiger partial charge in [0.1, 0.15) is 5.82 Å². The molecular weight excluding hydrogens is 373 g/mol. The molecule has 1 amide bonds. The highest BCUT2D eigenvalue weighted by atomic mass is 35.5. The van der Waals surface area contributed by atoms with Gasteiger partial charge in [0.2, 0.25) is 11.2 Å². The van der Waals surface area contributed by atoms with Gasteiger partial charge in [0.25, 0.3) is 0 Å². The normalized spacial score (nSPS) is 10.4. The first-order chi connectivity index (χ1) is 12.6. The number of benzene rings is 1. The number of hydrogen-bond acceptors (Lipinski definition) is 5. The number of amides is 1. The standard InChI is InChI=1S/C18H15Cl2N5O/c19-14-5-3-12(4-6-14)9-23-17(26)11-22-16-8-15(24-18(20)25-16)13-2-1-7-21-10-13/h1-8,10H,9,11H2,(H,23,26)(H,22,24,25). The lowest BCUT2D eigenvalue weighted by atomic mass is 10.2. The Hall–Kier alpha value is -2.70. The fourth-order valence-electron chi connectivity index (χ4n) is 2.21. The molecule has 0 radical (unpaired) electrons. The lowest BCUT2D eigenvalue weighted by molar-refractivity contribution is -0.119. The molecule has 132 valence electrons. The molecule has 0 bridgehead atoms. The third-order valence-corrected chi connectivity index (χ3v) is 3.91. The highest BCUT2D eigenvalue weighted by molar-refractivity contribution is 6.30. The maximum atomic E-state index is 12.0. The number of carbonyl (C=O) groups excluding carboxylic acids is 1. The zero-order chi connectivity index (χ0) is 18.4. The van der Waals surface area contributed by atoms with Crippen molar-refractivity contribution in [1.29, 1.82) is 0 Å². The van der Waals surface area contributed by atoms with Crippen molar-refractivity contribution >= 4 is 34.9 Å². The van der Waals surface area contributed by atoms with E-state index in [2.05, 4.69) is 25.6 Å². The highest BCUT2D eigenvalue weighted by Crippen LogP contribution is 2.20. The molecule has 0 saturated carbocycles. The minimum atomic E-state index is -0.169. The van der Waals surface area contributed by atoms with Crippen LogP contribution in [0, 0.1) is 0 Å². The number of nitrogens with one attached hydrogen (secondary N) is 2. The van der Waals surface area contributed by atoms with Crippen LogP contribution in [0.2, 0.25) is 10.3 Å². The van der Waals surface area contributed by atoms with E-state index < -0.39 is 0 Å². The van der Waals surface area contributed by atoms with Crippen LogP contribution in [-0.4, -0.2) is 27.4 Å². The van der Waals surface area contributed by atoms with Crippen LogP contribution in [0.4, 0.5) is 5.82 Å². The van der Waals surface area contributed by atoms with Crippen LogP contribution in [0.1, 0.15) is 5.56 Å². The van der Waals surface area contributed by atoms with E-state index in [1.165, 1.54) is 0 Å². The van der Waals surface area contributed by atoms with Crippen molar-refractivity contribution in [3.05, 3.63) is 70.7 Å². The molecule has 2 N–H and O–H groups in total.